The van der Waals surface area contributed by atoms with Crippen molar-refractivity contribution in [1.29, 1.82) is 0 Å². The van der Waals surface area contributed by atoms with E-state index in [0.29, 0.717) is 19.2 Å². The van der Waals surface area contributed by atoms with Gasteiger partial charge in [-0.3, -0.25) is 4.79 Å². The molecular weight excluding hydrogens is 258 g/mol. The van der Waals surface area contributed by atoms with Gasteiger partial charge in [0.05, 0.1) is 11.3 Å². The van der Waals surface area contributed by atoms with Gasteiger partial charge >= 0.3 is 5.97 Å². The summed E-state index contributed by atoms with van der Waals surface area (Å²) in [5, 5.41) is 13.8. The zero-order chi connectivity index (χ0) is 14.4. The molecule has 0 spiro atoms. The van der Waals surface area contributed by atoms with Gasteiger partial charge in [0.1, 0.15) is 11.6 Å². The van der Waals surface area contributed by atoms with Crippen LogP contribution < -0.4 is 10.6 Å². The molecule has 0 aliphatic rings. The van der Waals surface area contributed by atoms with E-state index in [1.54, 1.807) is 0 Å². The third-order valence-electron chi connectivity index (χ3n) is 2.34. The van der Waals surface area contributed by atoms with E-state index in [4.69, 9.17) is 5.11 Å². The Kier molecular flexibility index (Phi) is 5.37. The summed E-state index contributed by atoms with van der Waals surface area (Å²) >= 11 is 0. The summed E-state index contributed by atoms with van der Waals surface area (Å²) in [6.45, 7) is 2.98. The molecule has 1 rings (SSSR count). The number of anilines is 1. The van der Waals surface area contributed by atoms with Gasteiger partial charge in [-0.1, -0.05) is 6.92 Å². The van der Waals surface area contributed by atoms with Gasteiger partial charge in [-0.2, -0.15) is 0 Å². The van der Waals surface area contributed by atoms with Crippen molar-refractivity contribution < 1.29 is 23.5 Å². The number of aromatic carboxylic acids is 1. The van der Waals surface area contributed by atoms with Crippen molar-refractivity contribution in [3.8, 4) is 0 Å². The molecule has 0 aliphatic carbocycles. The highest BCUT2D eigenvalue weighted by atomic mass is 19.1. The summed E-state index contributed by atoms with van der Waals surface area (Å²) in [7, 11) is 0. The molecule has 1 amide bonds. The number of benzene rings is 1. The fraction of sp³-hybridized carbons (Fsp3) is 0.333. The Morgan fingerprint density at radius 1 is 1.26 bits per heavy atom. The SMILES string of the molecule is CCNCCC(=O)Nc1cc(C(=O)O)c(F)cc1F. The molecule has 0 unspecified atom stereocenters. The van der Waals surface area contributed by atoms with Crippen LogP contribution in [-0.2, 0) is 4.79 Å². The fourth-order valence-electron chi connectivity index (χ4n) is 1.40. The lowest BCUT2D eigenvalue weighted by molar-refractivity contribution is -0.116. The lowest BCUT2D eigenvalue weighted by atomic mass is 10.1. The minimum atomic E-state index is -1.53. The number of hydrogen-bond donors (Lipinski definition) is 3. The van der Waals surface area contributed by atoms with Gasteiger partial charge in [0.2, 0.25) is 5.91 Å². The minimum Gasteiger partial charge on any atom is -0.478 e. The van der Waals surface area contributed by atoms with E-state index < -0.39 is 29.1 Å². The maximum absolute atomic E-state index is 13.4. The monoisotopic (exact) mass is 272 g/mol. The van der Waals surface area contributed by atoms with Crippen molar-refractivity contribution in [2.45, 2.75) is 13.3 Å². The van der Waals surface area contributed by atoms with Crippen LogP contribution in [0, 0.1) is 11.6 Å². The van der Waals surface area contributed by atoms with E-state index >= 15 is 0 Å². The van der Waals surface area contributed by atoms with Crippen molar-refractivity contribution in [2.75, 3.05) is 18.4 Å². The molecule has 0 radical (unpaired) electrons. The van der Waals surface area contributed by atoms with Crippen LogP contribution >= 0.6 is 0 Å². The number of halogens is 2. The molecule has 1 aromatic carbocycles. The van der Waals surface area contributed by atoms with Crippen LogP contribution in [0.3, 0.4) is 0 Å². The molecule has 3 N–H and O–H groups in total. The van der Waals surface area contributed by atoms with Crippen LogP contribution in [0.25, 0.3) is 0 Å². The number of carbonyl (C=O) groups excluding carboxylic acids is 1. The first-order chi connectivity index (χ1) is 8.95. The van der Waals surface area contributed by atoms with E-state index in [-0.39, 0.29) is 12.1 Å². The van der Waals surface area contributed by atoms with E-state index in [2.05, 4.69) is 10.6 Å². The molecule has 5 nitrogen and oxygen atoms in total. The van der Waals surface area contributed by atoms with Gasteiger partial charge in [0, 0.05) is 19.0 Å². The number of carboxylic acid groups (broad SMARTS) is 1. The van der Waals surface area contributed by atoms with Gasteiger partial charge < -0.3 is 15.7 Å². The minimum absolute atomic E-state index is 0.104. The molecule has 1 aromatic rings. The first-order valence-electron chi connectivity index (χ1n) is 5.68. The van der Waals surface area contributed by atoms with Gasteiger partial charge in [0.15, 0.2) is 0 Å². The summed E-state index contributed by atoms with van der Waals surface area (Å²) in [6.07, 6.45) is 0.104. The van der Waals surface area contributed by atoms with Crippen LogP contribution in [0.15, 0.2) is 12.1 Å². The molecule has 0 heterocycles. The molecular formula is C12H14F2N2O3. The second-order valence-corrected chi connectivity index (χ2v) is 3.77. The highest BCUT2D eigenvalue weighted by molar-refractivity contribution is 5.94. The quantitative estimate of drug-likeness (QED) is 0.687. The van der Waals surface area contributed by atoms with Crippen LogP contribution in [0.1, 0.15) is 23.7 Å². The van der Waals surface area contributed by atoms with Crippen molar-refractivity contribution >= 4 is 17.6 Å². The summed E-state index contributed by atoms with van der Waals surface area (Å²) in [4.78, 5) is 22.1. The molecule has 104 valence electrons. The molecule has 0 aromatic heterocycles. The Balaban J connectivity index is 2.80. The van der Waals surface area contributed by atoms with Gasteiger partial charge in [-0.15, -0.1) is 0 Å². The van der Waals surface area contributed by atoms with E-state index in [9.17, 15) is 18.4 Å². The Bertz CT molecular complexity index is 492. The molecule has 0 saturated heterocycles. The third kappa shape index (κ3) is 4.29. The largest absolute Gasteiger partial charge is 0.478 e. The Hall–Kier alpha value is -2.02. The predicted molar refractivity (Wildman–Crippen MR) is 65.1 cm³/mol. The average Bonchev–Trinajstić information content (AvgIpc) is 2.32. The number of hydrogen-bond acceptors (Lipinski definition) is 3. The zero-order valence-corrected chi connectivity index (χ0v) is 10.3. The van der Waals surface area contributed by atoms with Gasteiger partial charge in [-0.05, 0) is 12.6 Å². The summed E-state index contributed by atoms with van der Waals surface area (Å²) in [6, 6.07) is 1.20. The first kappa shape index (κ1) is 15.0. The lowest BCUT2D eigenvalue weighted by Gasteiger charge is -2.08. The molecule has 0 aliphatic heterocycles. The molecule has 0 saturated carbocycles. The Labute approximate surface area is 108 Å². The van der Waals surface area contributed by atoms with Crippen LogP contribution in [-0.4, -0.2) is 30.1 Å². The smallest absolute Gasteiger partial charge is 0.338 e. The number of rotatable bonds is 6. The molecule has 7 heteroatoms. The van der Waals surface area contributed by atoms with Crippen LogP contribution in [0.4, 0.5) is 14.5 Å². The van der Waals surface area contributed by atoms with Crippen LogP contribution in [0.2, 0.25) is 0 Å². The van der Waals surface area contributed by atoms with E-state index in [1.165, 1.54) is 0 Å². The second kappa shape index (κ2) is 6.79. The first-order valence-corrected chi connectivity index (χ1v) is 5.68. The summed E-state index contributed by atoms with van der Waals surface area (Å²) in [5.41, 5.74) is -1.04. The Morgan fingerprint density at radius 3 is 2.53 bits per heavy atom. The third-order valence-corrected chi connectivity index (χ3v) is 2.34. The molecule has 0 atom stereocenters. The number of amides is 1. The molecule has 0 fully saturated rings. The zero-order valence-electron chi connectivity index (χ0n) is 10.3. The molecule has 19 heavy (non-hydrogen) atoms. The normalized spacial score (nSPS) is 10.3. The van der Waals surface area contributed by atoms with Crippen LogP contribution in [0.5, 0.6) is 0 Å². The Morgan fingerprint density at radius 2 is 1.95 bits per heavy atom. The second-order valence-electron chi connectivity index (χ2n) is 3.77. The van der Waals surface area contributed by atoms with Crippen molar-refractivity contribution in [2.24, 2.45) is 0 Å². The summed E-state index contributed by atoms with van der Waals surface area (Å²) < 4.78 is 26.5. The van der Waals surface area contributed by atoms with Gasteiger partial charge in [-0.25, -0.2) is 13.6 Å². The van der Waals surface area contributed by atoms with E-state index in [1.807, 2.05) is 6.92 Å². The number of nitrogens with one attached hydrogen (secondary N) is 2. The highest BCUT2D eigenvalue weighted by Crippen LogP contribution is 2.19. The van der Waals surface area contributed by atoms with Crippen molar-refractivity contribution in [3.05, 3.63) is 29.3 Å². The van der Waals surface area contributed by atoms with E-state index in [0.717, 1.165) is 6.07 Å². The molecule has 0 bridgehead atoms. The highest BCUT2D eigenvalue weighted by Gasteiger charge is 2.16. The van der Waals surface area contributed by atoms with Gasteiger partial charge in [0.25, 0.3) is 0 Å². The summed E-state index contributed by atoms with van der Waals surface area (Å²) in [5.74, 6) is -4.21. The van der Waals surface area contributed by atoms with Crippen molar-refractivity contribution in [3.63, 3.8) is 0 Å². The maximum Gasteiger partial charge on any atom is 0.338 e. The maximum atomic E-state index is 13.4. The topological polar surface area (TPSA) is 78.4 Å². The number of carboxylic acids is 1. The number of carbonyl (C=O) groups is 2. The van der Waals surface area contributed by atoms with Crippen molar-refractivity contribution in [1.82, 2.24) is 5.32 Å². The lowest BCUT2D eigenvalue weighted by Crippen LogP contribution is -2.22. The standard InChI is InChI=1S/C12H14F2N2O3/c1-2-15-4-3-11(17)16-10-5-7(12(18)19)8(13)6-9(10)14/h5-6,15H,2-4H2,1H3,(H,16,17)(H,18,19). The fourth-order valence-corrected chi connectivity index (χ4v) is 1.40. The average molecular weight is 272 g/mol. The predicted octanol–water partition coefficient (Wildman–Crippen LogP) is 1.60.